The minimum Gasteiger partial charge on any atom is -0.378 e. The van der Waals surface area contributed by atoms with Crippen molar-refractivity contribution in [1.82, 2.24) is 5.32 Å². The van der Waals surface area contributed by atoms with E-state index in [1.165, 1.54) is 11.3 Å². The molecule has 0 amide bonds. The highest BCUT2D eigenvalue weighted by Crippen LogP contribution is 2.12. The van der Waals surface area contributed by atoms with Crippen molar-refractivity contribution < 1.29 is 0 Å². The molecule has 0 unspecified atom stereocenters. The van der Waals surface area contributed by atoms with Gasteiger partial charge in [-0.2, -0.15) is 0 Å². The number of nitrogens with zero attached hydrogens (tertiary/aromatic N) is 1. The van der Waals surface area contributed by atoms with E-state index in [2.05, 4.69) is 48.6 Å². The van der Waals surface area contributed by atoms with Crippen LogP contribution in [-0.4, -0.2) is 21.1 Å². The van der Waals surface area contributed by atoms with E-state index in [1.807, 2.05) is 7.05 Å². The molecule has 0 aromatic heterocycles. The number of rotatable bonds is 3. The maximum absolute atomic E-state index is 3.13. The van der Waals surface area contributed by atoms with E-state index in [-0.39, 0.29) is 0 Å². The first-order chi connectivity index (χ1) is 5.74. The Morgan fingerprint density at radius 1 is 1.33 bits per heavy atom. The SMILES string of the molecule is CNCc1cccc(N(C)C)c1. The van der Waals surface area contributed by atoms with Gasteiger partial charge < -0.3 is 10.2 Å². The quantitative estimate of drug-likeness (QED) is 0.727. The van der Waals surface area contributed by atoms with Gasteiger partial charge in [-0.3, -0.25) is 0 Å². The number of hydrogen-bond acceptors (Lipinski definition) is 2. The van der Waals surface area contributed by atoms with Crippen LogP contribution in [0.4, 0.5) is 5.69 Å². The third-order valence-electron chi connectivity index (χ3n) is 1.81. The second kappa shape index (κ2) is 4.12. The fourth-order valence-electron chi connectivity index (χ4n) is 1.15. The van der Waals surface area contributed by atoms with Gasteiger partial charge in [-0.15, -0.1) is 0 Å². The van der Waals surface area contributed by atoms with Crippen molar-refractivity contribution in [2.75, 3.05) is 26.0 Å². The predicted molar refractivity (Wildman–Crippen MR) is 53.5 cm³/mol. The molecule has 0 aliphatic rings. The molecule has 0 saturated heterocycles. The van der Waals surface area contributed by atoms with Gasteiger partial charge in [0.05, 0.1) is 0 Å². The van der Waals surface area contributed by atoms with Crippen molar-refractivity contribution in [3.8, 4) is 0 Å². The van der Waals surface area contributed by atoms with Crippen LogP contribution in [0.25, 0.3) is 0 Å². The van der Waals surface area contributed by atoms with Gasteiger partial charge in [0.1, 0.15) is 0 Å². The Labute approximate surface area is 74.2 Å². The first kappa shape index (κ1) is 9.07. The third-order valence-corrected chi connectivity index (χ3v) is 1.81. The molecule has 1 aromatic carbocycles. The van der Waals surface area contributed by atoms with E-state index in [0.29, 0.717) is 0 Å². The lowest BCUT2D eigenvalue weighted by atomic mass is 10.2. The van der Waals surface area contributed by atoms with Crippen molar-refractivity contribution >= 4 is 5.69 Å². The lowest BCUT2D eigenvalue weighted by Gasteiger charge is -2.13. The zero-order valence-corrected chi connectivity index (χ0v) is 7.96. The molecule has 2 nitrogen and oxygen atoms in total. The highest BCUT2D eigenvalue weighted by Gasteiger charge is 1.95. The largest absolute Gasteiger partial charge is 0.378 e. The fourth-order valence-corrected chi connectivity index (χ4v) is 1.15. The smallest absolute Gasteiger partial charge is 0.0364 e. The lowest BCUT2D eigenvalue weighted by Crippen LogP contribution is -2.10. The number of nitrogens with one attached hydrogen (secondary N) is 1. The van der Waals surface area contributed by atoms with Crippen LogP contribution >= 0.6 is 0 Å². The maximum atomic E-state index is 3.13. The van der Waals surface area contributed by atoms with Crippen LogP contribution in [0.1, 0.15) is 5.56 Å². The van der Waals surface area contributed by atoms with Crippen LogP contribution in [0.3, 0.4) is 0 Å². The average molecular weight is 164 g/mol. The molecular formula is C10H16N2. The van der Waals surface area contributed by atoms with Crippen molar-refractivity contribution in [1.29, 1.82) is 0 Å². The third kappa shape index (κ3) is 2.24. The van der Waals surface area contributed by atoms with Crippen LogP contribution < -0.4 is 10.2 Å². The summed E-state index contributed by atoms with van der Waals surface area (Å²) in [6.07, 6.45) is 0. The summed E-state index contributed by atoms with van der Waals surface area (Å²) >= 11 is 0. The summed E-state index contributed by atoms with van der Waals surface area (Å²) in [5, 5.41) is 3.13. The molecule has 0 aliphatic carbocycles. The molecule has 66 valence electrons. The maximum Gasteiger partial charge on any atom is 0.0364 e. The van der Waals surface area contributed by atoms with Crippen LogP contribution in [0, 0.1) is 0 Å². The van der Waals surface area contributed by atoms with Gasteiger partial charge in [-0.25, -0.2) is 0 Å². The van der Waals surface area contributed by atoms with Crippen LogP contribution in [0.5, 0.6) is 0 Å². The van der Waals surface area contributed by atoms with Gasteiger partial charge in [-0.1, -0.05) is 12.1 Å². The molecule has 1 rings (SSSR count). The van der Waals surface area contributed by atoms with Crippen LogP contribution in [0.2, 0.25) is 0 Å². The Morgan fingerprint density at radius 3 is 2.67 bits per heavy atom. The average Bonchev–Trinajstić information content (AvgIpc) is 2.05. The first-order valence-electron chi connectivity index (χ1n) is 4.15. The molecular weight excluding hydrogens is 148 g/mol. The summed E-state index contributed by atoms with van der Waals surface area (Å²) in [4.78, 5) is 2.11. The summed E-state index contributed by atoms with van der Waals surface area (Å²) in [7, 11) is 6.07. The van der Waals surface area contributed by atoms with Gasteiger partial charge >= 0.3 is 0 Å². The molecule has 0 atom stereocenters. The molecule has 2 heteroatoms. The molecule has 0 radical (unpaired) electrons. The summed E-state index contributed by atoms with van der Waals surface area (Å²) in [5.41, 5.74) is 2.58. The summed E-state index contributed by atoms with van der Waals surface area (Å²) in [6, 6.07) is 8.52. The minimum absolute atomic E-state index is 0.932. The van der Waals surface area contributed by atoms with E-state index in [1.54, 1.807) is 0 Å². The normalized spacial score (nSPS) is 9.92. The van der Waals surface area contributed by atoms with Crippen molar-refractivity contribution in [2.24, 2.45) is 0 Å². The molecule has 0 bridgehead atoms. The summed E-state index contributed by atoms with van der Waals surface area (Å²) in [6.45, 7) is 0.932. The van der Waals surface area contributed by atoms with Gasteiger partial charge in [0.2, 0.25) is 0 Å². The van der Waals surface area contributed by atoms with Crippen molar-refractivity contribution in [3.05, 3.63) is 29.8 Å². The number of benzene rings is 1. The highest BCUT2D eigenvalue weighted by molar-refractivity contribution is 5.47. The monoisotopic (exact) mass is 164 g/mol. The molecule has 1 aromatic rings. The van der Waals surface area contributed by atoms with Crippen LogP contribution in [0.15, 0.2) is 24.3 Å². The molecule has 0 spiro atoms. The predicted octanol–water partition coefficient (Wildman–Crippen LogP) is 1.47. The van der Waals surface area contributed by atoms with Crippen LogP contribution in [-0.2, 0) is 6.54 Å². The standard InChI is InChI=1S/C10H16N2/c1-11-8-9-5-4-6-10(7-9)12(2)3/h4-7,11H,8H2,1-3H3. The first-order valence-corrected chi connectivity index (χ1v) is 4.15. The molecule has 12 heavy (non-hydrogen) atoms. The van der Waals surface area contributed by atoms with Crippen molar-refractivity contribution in [3.63, 3.8) is 0 Å². The second-order valence-electron chi connectivity index (χ2n) is 3.09. The minimum atomic E-state index is 0.932. The molecule has 0 saturated carbocycles. The fraction of sp³-hybridized carbons (Fsp3) is 0.400. The Hall–Kier alpha value is -1.02. The number of hydrogen-bond donors (Lipinski definition) is 1. The van der Waals surface area contributed by atoms with Gasteiger partial charge in [0.15, 0.2) is 0 Å². The van der Waals surface area contributed by atoms with E-state index < -0.39 is 0 Å². The molecule has 1 N–H and O–H groups in total. The lowest BCUT2D eigenvalue weighted by molar-refractivity contribution is 0.817. The highest BCUT2D eigenvalue weighted by atomic mass is 15.1. The molecule has 0 heterocycles. The zero-order valence-electron chi connectivity index (χ0n) is 7.96. The Morgan fingerprint density at radius 2 is 2.08 bits per heavy atom. The summed E-state index contributed by atoms with van der Waals surface area (Å²) < 4.78 is 0. The zero-order chi connectivity index (χ0) is 8.97. The molecule has 0 aliphatic heterocycles. The van der Waals surface area contributed by atoms with E-state index >= 15 is 0 Å². The number of anilines is 1. The second-order valence-corrected chi connectivity index (χ2v) is 3.09. The topological polar surface area (TPSA) is 15.3 Å². The Kier molecular flexibility index (Phi) is 3.11. The Bertz CT molecular complexity index is 243. The van der Waals surface area contributed by atoms with E-state index in [0.717, 1.165) is 6.54 Å². The van der Waals surface area contributed by atoms with Gasteiger partial charge in [0, 0.05) is 26.3 Å². The van der Waals surface area contributed by atoms with E-state index in [4.69, 9.17) is 0 Å². The summed E-state index contributed by atoms with van der Waals surface area (Å²) in [5.74, 6) is 0. The van der Waals surface area contributed by atoms with Gasteiger partial charge in [0.25, 0.3) is 0 Å². The Balaban J connectivity index is 2.81. The van der Waals surface area contributed by atoms with E-state index in [9.17, 15) is 0 Å². The van der Waals surface area contributed by atoms with Crippen molar-refractivity contribution in [2.45, 2.75) is 6.54 Å². The molecule has 0 fully saturated rings. The van der Waals surface area contributed by atoms with Gasteiger partial charge in [-0.05, 0) is 24.7 Å².